The third-order valence-electron chi connectivity index (χ3n) is 7.09. The van der Waals surface area contributed by atoms with Crippen LogP contribution in [0.3, 0.4) is 0 Å². The molecule has 3 aliphatic rings. The van der Waals surface area contributed by atoms with Gasteiger partial charge >= 0.3 is 0 Å². The molecule has 0 bridgehead atoms. The number of nitrogens with one attached hydrogen (secondary N) is 1. The zero-order valence-electron chi connectivity index (χ0n) is 19.8. The number of piperidine rings is 1. The lowest BCUT2D eigenvalue weighted by molar-refractivity contribution is -0.142. The number of rotatable bonds is 6. The van der Waals surface area contributed by atoms with Gasteiger partial charge in [-0.05, 0) is 69.1 Å². The molecule has 2 saturated heterocycles. The van der Waals surface area contributed by atoms with Crippen LogP contribution in [0.5, 0.6) is 0 Å². The summed E-state index contributed by atoms with van der Waals surface area (Å²) in [5.74, 6) is -0.0101. The van der Waals surface area contributed by atoms with Crippen molar-refractivity contribution in [2.45, 2.75) is 65.3 Å². The monoisotopic (exact) mass is 465 g/mol. The van der Waals surface area contributed by atoms with E-state index in [1.807, 2.05) is 13.8 Å². The highest BCUT2D eigenvalue weighted by Crippen LogP contribution is 2.51. The lowest BCUT2D eigenvalue weighted by atomic mass is 9.57. The van der Waals surface area contributed by atoms with E-state index in [-0.39, 0.29) is 22.0 Å². The van der Waals surface area contributed by atoms with Gasteiger partial charge in [-0.15, -0.1) is 0 Å². The molecule has 2 aliphatic heterocycles. The van der Waals surface area contributed by atoms with Gasteiger partial charge in [-0.25, -0.2) is 4.39 Å². The van der Waals surface area contributed by atoms with Gasteiger partial charge in [0.05, 0.1) is 0 Å². The van der Waals surface area contributed by atoms with Crippen molar-refractivity contribution in [2.75, 3.05) is 32.7 Å². The Hall–Kier alpha value is -1.66. The fourth-order valence-electron chi connectivity index (χ4n) is 5.60. The molecule has 0 unspecified atom stereocenters. The first-order chi connectivity index (χ1) is 15.2. The first kappa shape index (κ1) is 25.0. The van der Waals surface area contributed by atoms with E-state index in [0.29, 0.717) is 30.2 Å². The summed E-state index contributed by atoms with van der Waals surface area (Å²) in [6, 6.07) is 3.89. The Kier molecular flexibility index (Phi) is 7.87. The number of hydrogen-bond acceptors (Lipinski definition) is 3. The minimum absolute atomic E-state index is 0.0243. The molecule has 0 radical (unpaired) electrons. The van der Waals surface area contributed by atoms with Crippen molar-refractivity contribution in [1.29, 1.82) is 0 Å². The number of benzene rings is 1. The van der Waals surface area contributed by atoms with Gasteiger partial charge in [0.2, 0.25) is 5.91 Å². The smallest absolute Gasteiger partial charge is 0.251 e. The van der Waals surface area contributed by atoms with Crippen LogP contribution < -0.4 is 5.32 Å². The highest BCUT2D eigenvalue weighted by molar-refractivity contribution is 6.31. The molecule has 7 heteroatoms. The van der Waals surface area contributed by atoms with Crippen LogP contribution >= 0.6 is 11.6 Å². The number of carbonyl (C=O) groups excluding carboxylic acids is 2. The highest BCUT2D eigenvalue weighted by atomic mass is 35.5. The van der Waals surface area contributed by atoms with Crippen LogP contribution in [-0.2, 0) is 4.79 Å². The van der Waals surface area contributed by atoms with Crippen LogP contribution in [0, 0.1) is 17.2 Å². The lowest BCUT2D eigenvalue weighted by Gasteiger charge is -2.60. The number of likely N-dealkylation sites (tertiary alicyclic amines) is 2. The largest absolute Gasteiger partial charge is 0.352 e. The molecule has 1 aliphatic carbocycles. The van der Waals surface area contributed by atoms with Crippen molar-refractivity contribution in [1.82, 2.24) is 15.1 Å². The second-order valence-corrected chi connectivity index (χ2v) is 10.5. The van der Waals surface area contributed by atoms with Gasteiger partial charge in [-0.2, -0.15) is 0 Å². The summed E-state index contributed by atoms with van der Waals surface area (Å²) in [5.41, 5.74) is 0.627. The predicted molar refractivity (Wildman–Crippen MR) is 126 cm³/mol. The zero-order valence-corrected chi connectivity index (χ0v) is 20.6. The SMILES string of the molecule is CC.CC1(C)CCCC(=O)N1CCN1CC2(CC(CNC(=O)c3cc(F)cc(Cl)c3)C2)C1. The number of halogens is 2. The molecule has 1 aromatic rings. The third-order valence-corrected chi connectivity index (χ3v) is 7.31. The van der Waals surface area contributed by atoms with Gasteiger partial charge in [-0.3, -0.25) is 9.59 Å². The maximum atomic E-state index is 13.4. The second-order valence-electron chi connectivity index (χ2n) is 10.1. The predicted octanol–water partition coefficient (Wildman–Crippen LogP) is 4.74. The molecule has 2 amide bonds. The molecule has 1 aromatic carbocycles. The van der Waals surface area contributed by atoms with Crippen molar-refractivity contribution in [3.8, 4) is 0 Å². The molecule has 1 spiro atoms. The molecular formula is C25H37ClFN3O2. The summed E-state index contributed by atoms with van der Waals surface area (Å²) in [7, 11) is 0. The molecule has 32 heavy (non-hydrogen) atoms. The van der Waals surface area contributed by atoms with Crippen molar-refractivity contribution in [3.05, 3.63) is 34.6 Å². The van der Waals surface area contributed by atoms with E-state index >= 15 is 0 Å². The first-order valence-electron chi connectivity index (χ1n) is 11.9. The van der Waals surface area contributed by atoms with E-state index in [2.05, 4.69) is 29.0 Å². The molecule has 0 atom stereocenters. The Morgan fingerprint density at radius 2 is 1.88 bits per heavy atom. The number of amides is 2. The Morgan fingerprint density at radius 1 is 1.19 bits per heavy atom. The average Bonchev–Trinajstić information content (AvgIpc) is 2.66. The summed E-state index contributed by atoms with van der Waals surface area (Å²) >= 11 is 5.83. The van der Waals surface area contributed by atoms with Gasteiger partial charge in [-0.1, -0.05) is 25.4 Å². The van der Waals surface area contributed by atoms with Crippen LogP contribution in [-0.4, -0.2) is 59.9 Å². The van der Waals surface area contributed by atoms with E-state index in [1.165, 1.54) is 18.2 Å². The summed E-state index contributed by atoms with van der Waals surface area (Å²) in [4.78, 5) is 29.0. The second kappa shape index (κ2) is 10.1. The van der Waals surface area contributed by atoms with Crippen molar-refractivity contribution in [2.24, 2.45) is 11.3 Å². The maximum absolute atomic E-state index is 13.4. The van der Waals surface area contributed by atoms with E-state index in [4.69, 9.17) is 11.6 Å². The quantitative estimate of drug-likeness (QED) is 0.660. The van der Waals surface area contributed by atoms with Crippen LogP contribution in [0.4, 0.5) is 4.39 Å². The van der Waals surface area contributed by atoms with Gasteiger partial charge < -0.3 is 15.1 Å². The molecule has 1 saturated carbocycles. The molecule has 3 fully saturated rings. The number of nitrogens with zero attached hydrogens (tertiary/aromatic N) is 2. The van der Waals surface area contributed by atoms with E-state index in [9.17, 15) is 14.0 Å². The standard InChI is InChI=1S/C23H31ClFN3O2.C2H6/c1-22(2)5-3-4-20(29)28(22)7-6-27-14-23(15-27)11-16(12-23)13-26-21(30)17-8-18(24)10-19(25)9-17;1-2/h8-10,16H,3-7,11-15H2,1-2H3,(H,26,30);1-2H3. The fraction of sp³-hybridized carbons (Fsp3) is 0.680. The molecule has 4 rings (SSSR count). The maximum Gasteiger partial charge on any atom is 0.251 e. The number of carbonyl (C=O) groups is 2. The number of hydrogen-bond donors (Lipinski definition) is 1. The topological polar surface area (TPSA) is 52.7 Å². The Bertz CT molecular complexity index is 810. The van der Waals surface area contributed by atoms with Crippen molar-refractivity contribution >= 4 is 23.4 Å². The normalized spacial score (nSPS) is 21.9. The molecule has 0 aromatic heterocycles. The van der Waals surface area contributed by atoms with Crippen LogP contribution in [0.2, 0.25) is 5.02 Å². The van der Waals surface area contributed by atoms with E-state index in [0.717, 1.165) is 51.9 Å². The Morgan fingerprint density at radius 3 is 2.50 bits per heavy atom. The van der Waals surface area contributed by atoms with Crippen LogP contribution in [0.15, 0.2) is 18.2 Å². The van der Waals surface area contributed by atoms with Crippen LogP contribution in [0.25, 0.3) is 0 Å². The lowest BCUT2D eigenvalue weighted by Crippen LogP contribution is -2.64. The van der Waals surface area contributed by atoms with Crippen molar-refractivity contribution in [3.63, 3.8) is 0 Å². The first-order valence-corrected chi connectivity index (χ1v) is 12.3. The molecular weight excluding hydrogens is 429 g/mol. The average molecular weight is 466 g/mol. The van der Waals surface area contributed by atoms with Crippen LogP contribution in [0.1, 0.15) is 70.2 Å². The van der Waals surface area contributed by atoms with Crippen molar-refractivity contribution < 1.29 is 14.0 Å². The minimum atomic E-state index is -0.501. The molecule has 5 nitrogen and oxygen atoms in total. The zero-order chi connectivity index (χ0) is 23.5. The fourth-order valence-corrected chi connectivity index (χ4v) is 5.82. The Labute approximate surface area is 196 Å². The highest BCUT2D eigenvalue weighted by Gasteiger charge is 2.51. The molecule has 2 heterocycles. The van der Waals surface area contributed by atoms with E-state index in [1.54, 1.807) is 0 Å². The summed E-state index contributed by atoms with van der Waals surface area (Å²) in [5, 5.41) is 3.14. The molecule has 1 N–H and O–H groups in total. The Balaban J connectivity index is 0.00000141. The summed E-state index contributed by atoms with van der Waals surface area (Å²) in [6.45, 7) is 12.9. The van der Waals surface area contributed by atoms with E-state index < -0.39 is 5.82 Å². The van der Waals surface area contributed by atoms with Gasteiger partial charge in [0, 0.05) is 55.3 Å². The van der Waals surface area contributed by atoms with Gasteiger partial charge in [0.15, 0.2) is 0 Å². The summed E-state index contributed by atoms with van der Waals surface area (Å²) in [6.07, 6.45) is 4.99. The minimum Gasteiger partial charge on any atom is -0.352 e. The summed E-state index contributed by atoms with van der Waals surface area (Å²) < 4.78 is 13.4. The molecule has 178 valence electrons. The van der Waals surface area contributed by atoms with Gasteiger partial charge in [0.1, 0.15) is 5.82 Å². The van der Waals surface area contributed by atoms with Gasteiger partial charge in [0.25, 0.3) is 5.91 Å². The third kappa shape index (κ3) is 5.63.